The predicted octanol–water partition coefficient (Wildman–Crippen LogP) is 5.86. The largest absolute Gasteiger partial charge is 0.503 e. The first kappa shape index (κ1) is 21.6. The van der Waals surface area contributed by atoms with E-state index in [0.717, 1.165) is 10.4 Å². The summed E-state index contributed by atoms with van der Waals surface area (Å²) in [5.41, 5.74) is 2.42. The van der Waals surface area contributed by atoms with Gasteiger partial charge in [-0.1, -0.05) is 41.1 Å². The van der Waals surface area contributed by atoms with Crippen molar-refractivity contribution in [3.63, 3.8) is 0 Å². The van der Waals surface area contributed by atoms with Crippen LogP contribution >= 0.6 is 34.3 Å². The molecule has 0 saturated heterocycles. The molecule has 3 heterocycles. The molecule has 6 nitrogen and oxygen atoms in total. The second kappa shape index (κ2) is 8.30. The van der Waals surface area contributed by atoms with Crippen LogP contribution in [-0.2, 0) is 4.79 Å². The normalized spacial score (nSPS) is 16.2. The van der Waals surface area contributed by atoms with Gasteiger partial charge in [-0.05, 0) is 47.3 Å². The molecule has 1 amide bonds. The van der Waals surface area contributed by atoms with Gasteiger partial charge in [0.1, 0.15) is 0 Å². The van der Waals surface area contributed by atoms with Gasteiger partial charge in [0.25, 0.3) is 5.91 Å². The van der Waals surface area contributed by atoms with Crippen LogP contribution in [0.1, 0.15) is 21.3 Å². The molecule has 1 aliphatic heterocycles. The Morgan fingerprint density at radius 3 is 2.58 bits per heavy atom. The van der Waals surface area contributed by atoms with Gasteiger partial charge in [-0.3, -0.25) is 14.5 Å². The zero-order valence-corrected chi connectivity index (χ0v) is 20.0. The van der Waals surface area contributed by atoms with E-state index in [1.54, 1.807) is 35.7 Å². The molecule has 2 aromatic heterocycles. The van der Waals surface area contributed by atoms with Gasteiger partial charge in [0.15, 0.2) is 10.9 Å². The number of ketones is 1. The number of aromatic nitrogens is 1. The van der Waals surface area contributed by atoms with Gasteiger partial charge in [0, 0.05) is 24.8 Å². The molecule has 166 valence electrons. The maximum atomic E-state index is 13.4. The van der Waals surface area contributed by atoms with E-state index < -0.39 is 17.7 Å². The van der Waals surface area contributed by atoms with Crippen LogP contribution in [0.5, 0.6) is 0 Å². The number of thiazole rings is 1. The molecule has 33 heavy (non-hydrogen) atoms. The SMILES string of the molecule is CN(C)c1ccc(C2C(C(=O)c3cccs3)=C(O)C(=O)N2c2nc3ccc(Cl)cc3s2)cc1. The average Bonchev–Trinajstić information content (AvgIpc) is 3.52. The Morgan fingerprint density at radius 2 is 1.91 bits per heavy atom. The lowest BCUT2D eigenvalue weighted by atomic mass is 9.95. The lowest BCUT2D eigenvalue weighted by Gasteiger charge is -2.25. The lowest BCUT2D eigenvalue weighted by Crippen LogP contribution is -2.31. The highest BCUT2D eigenvalue weighted by Crippen LogP contribution is 2.44. The van der Waals surface area contributed by atoms with Crippen molar-refractivity contribution < 1.29 is 14.7 Å². The Hall–Kier alpha value is -3.20. The minimum atomic E-state index is -0.806. The number of rotatable bonds is 5. The Kier molecular flexibility index (Phi) is 5.44. The van der Waals surface area contributed by atoms with E-state index in [9.17, 15) is 14.7 Å². The third-order valence-corrected chi connectivity index (χ3v) is 7.59. The summed E-state index contributed by atoms with van der Waals surface area (Å²) < 4.78 is 0.810. The third kappa shape index (κ3) is 3.70. The zero-order chi connectivity index (χ0) is 23.3. The highest BCUT2D eigenvalue weighted by atomic mass is 35.5. The van der Waals surface area contributed by atoms with Crippen LogP contribution in [0.3, 0.4) is 0 Å². The summed E-state index contributed by atoms with van der Waals surface area (Å²) in [6, 6.07) is 15.5. The number of nitrogens with zero attached hydrogens (tertiary/aromatic N) is 3. The second-order valence-electron chi connectivity index (χ2n) is 7.74. The van der Waals surface area contributed by atoms with Crippen molar-refractivity contribution in [1.82, 2.24) is 4.98 Å². The highest BCUT2D eigenvalue weighted by molar-refractivity contribution is 7.22. The molecule has 5 rings (SSSR count). The molecule has 4 aromatic rings. The number of aliphatic hydroxyl groups is 1. The molecule has 0 fully saturated rings. The van der Waals surface area contributed by atoms with Gasteiger partial charge in [0.05, 0.1) is 26.7 Å². The first-order valence-electron chi connectivity index (χ1n) is 10.0. The van der Waals surface area contributed by atoms with Crippen LogP contribution in [0.4, 0.5) is 10.8 Å². The molecule has 0 aliphatic carbocycles. The summed E-state index contributed by atoms with van der Waals surface area (Å²) in [6.45, 7) is 0. The fraction of sp³-hybridized carbons (Fsp3) is 0.125. The molecule has 1 atom stereocenters. The Bertz CT molecular complexity index is 1410. The maximum absolute atomic E-state index is 13.4. The molecular weight excluding hydrogens is 478 g/mol. The maximum Gasteiger partial charge on any atom is 0.296 e. The van der Waals surface area contributed by atoms with Crippen molar-refractivity contribution in [2.75, 3.05) is 23.9 Å². The van der Waals surface area contributed by atoms with Crippen molar-refractivity contribution >= 4 is 67.0 Å². The summed E-state index contributed by atoms with van der Waals surface area (Å²) in [6.07, 6.45) is 0. The molecule has 0 radical (unpaired) electrons. The summed E-state index contributed by atoms with van der Waals surface area (Å²) >= 11 is 8.68. The van der Waals surface area contributed by atoms with E-state index in [0.29, 0.717) is 26.1 Å². The zero-order valence-electron chi connectivity index (χ0n) is 17.7. The van der Waals surface area contributed by atoms with Crippen LogP contribution in [0.2, 0.25) is 5.02 Å². The van der Waals surface area contributed by atoms with E-state index in [1.165, 1.54) is 27.6 Å². The number of anilines is 2. The number of thiophene rings is 1. The molecule has 2 aromatic carbocycles. The minimum absolute atomic E-state index is 0.0531. The Labute approximate surface area is 203 Å². The number of hydrogen-bond donors (Lipinski definition) is 1. The van der Waals surface area contributed by atoms with E-state index in [1.807, 2.05) is 43.3 Å². The van der Waals surface area contributed by atoms with Crippen molar-refractivity contribution in [1.29, 1.82) is 0 Å². The smallest absolute Gasteiger partial charge is 0.296 e. The van der Waals surface area contributed by atoms with Gasteiger partial charge in [-0.15, -0.1) is 11.3 Å². The van der Waals surface area contributed by atoms with Crippen molar-refractivity contribution in [2.45, 2.75) is 6.04 Å². The molecule has 0 spiro atoms. The van der Waals surface area contributed by atoms with Crippen molar-refractivity contribution in [3.8, 4) is 0 Å². The van der Waals surface area contributed by atoms with Gasteiger partial charge in [0.2, 0.25) is 5.78 Å². The molecule has 9 heteroatoms. The molecule has 1 unspecified atom stereocenters. The van der Waals surface area contributed by atoms with E-state index in [2.05, 4.69) is 4.98 Å². The number of hydrogen-bond acceptors (Lipinski definition) is 7. The second-order valence-corrected chi connectivity index (χ2v) is 10.1. The Balaban J connectivity index is 1.67. The number of Topliss-reactive ketones (excluding diaryl/α,β-unsaturated/α-hetero) is 1. The monoisotopic (exact) mass is 495 g/mol. The van der Waals surface area contributed by atoms with Crippen LogP contribution < -0.4 is 9.80 Å². The number of aliphatic hydroxyl groups excluding tert-OH is 1. The number of carbonyl (C=O) groups excluding carboxylic acids is 2. The summed E-state index contributed by atoms with van der Waals surface area (Å²) in [4.78, 5) is 35.1. The van der Waals surface area contributed by atoms with Crippen molar-refractivity contribution in [3.05, 3.63) is 86.8 Å². The first-order chi connectivity index (χ1) is 15.8. The average molecular weight is 496 g/mol. The lowest BCUT2D eigenvalue weighted by molar-refractivity contribution is -0.117. The third-order valence-electron chi connectivity index (χ3n) is 5.47. The number of benzene rings is 2. The van der Waals surface area contributed by atoms with Gasteiger partial charge in [-0.25, -0.2) is 4.98 Å². The van der Waals surface area contributed by atoms with Gasteiger partial charge < -0.3 is 10.0 Å². The van der Waals surface area contributed by atoms with E-state index in [-0.39, 0.29) is 11.4 Å². The number of amides is 1. The standard InChI is InChI=1S/C24H18ClN3O3S2/c1-27(2)15-8-5-13(6-9-15)20-19(21(29)17-4-3-11-32-17)22(30)23(31)28(20)24-26-16-10-7-14(25)12-18(16)33-24/h3-12,20,30H,1-2H3. The summed E-state index contributed by atoms with van der Waals surface area (Å²) in [5, 5.41) is 13.6. The quantitative estimate of drug-likeness (QED) is 0.351. The number of halogens is 1. The summed E-state index contributed by atoms with van der Waals surface area (Å²) in [7, 11) is 3.87. The predicted molar refractivity (Wildman–Crippen MR) is 134 cm³/mol. The molecular formula is C24H18ClN3O3S2. The topological polar surface area (TPSA) is 73.7 Å². The molecule has 1 N–H and O–H groups in total. The van der Waals surface area contributed by atoms with Crippen LogP contribution in [0.25, 0.3) is 10.2 Å². The molecule has 0 saturated carbocycles. The van der Waals surface area contributed by atoms with Crippen LogP contribution in [0, 0.1) is 0 Å². The fourth-order valence-electron chi connectivity index (χ4n) is 3.83. The number of fused-ring (bicyclic) bond motifs is 1. The van der Waals surface area contributed by atoms with Crippen LogP contribution in [-0.4, -0.2) is 35.9 Å². The highest BCUT2D eigenvalue weighted by Gasteiger charge is 2.46. The molecule has 0 bridgehead atoms. The van der Waals surface area contributed by atoms with Crippen LogP contribution in [0.15, 0.2) is 71.3 Å². The van der Waals surface area contributed by atoms with Crippen molar-refractivity contribution in [2.24, 2.45) is 0 Å². The Morgan fingerprint density at radius 1 is 1.15 bits per heavy atom. The summed E-state index contributed by atoms with van der Waals surface area (Å²) in [5.74, 6) is -1.57. The minimum Gasteiger partial charge on any atom is -0.503 e. The number of carbonyl (C=O) groups is 2. The fourth-order valence-corrected chi connectivity index (χ4v) is 5.78. The van der Waals surface area contributed by atoms with E-state index in [4.69, 9.17) is 11.6 Å². The molecule has 1 aliphatic rings. The van der Waals surface area contributed by atoms with E-state index >= 15 is 0 Å². The van der Waals surface area contributed by atoms with Gasteiger partial charge >= 0.3 is 0 Å². The van der Waals surface area contributed by atoms with Gasteiger partial charge in [-0.2, -0.15) is 0 Å². The first-order valence-corrected chi connectivity index (χ1v) is 12.1.